The van der Waals surface area contributed by atoms with E-state index in [0.29, 0.717) is 24.7 Å². The van der Waals surface area contributed by atoms with Crippen LogP contribution in [0, 0.1) is 20.8 Å². The van der Waals surface area contributed by atoms with Crippen molar-refractivity contribution in [3.05, 3.63) is 99.1 Å². The number of aryl methyl sites for hydroxylation is 3. The molecule has 0 aliphatic rings. The predicted octanol–water partition coefficient (Wildman–Crippen LogP) is 10.7. The molecule has 3 aromatic carbocycles. The Balaban J connectivity index is 2.10. The van der Waals surface area contributed by atoms with Crippen LogP contribution in [-0.4, -0.2) is 29.3 Å². The van der Waals surface area contributed by atoms with E-state index in [1.807, 2.05) is 12.1 Å². The zero-order chi connectivity index (χ0) is 37.1. The largest absolute Gasteiger partial charge is 0.508 e. The maximum atomic E-state index is 11.5. The highest BCUT2D eigenvalue weighted by Crippen LogP contribution is 2.45. The number of phenolic OH excluding ortho intramolecular Hbond substituents is 2. The minimum Gasteiger partial charge on any atom is -0.508 e. The number of hydrogen-bond donors (Lipinski definition) is 3. The van der Waals surface area contributed by atoms with Crippen LogP contribution in [0.15, 0.2) is 49.1 Å². The lowest BCUT2D eigenvalue weighted by Crippen LogP contribution is -2.22. The molecule has 49 heavy (non-hydrogen) atoms. The fourth-order valence-corrected chi connectivity index (χ4v) is 6.90. The predicted molar refractivity (Wildman–Crippen MR) is 206 cm³/mol. The molecular weight excluding hydrogens is 606 g/mol. The van der Waals surface area contributed by atoms with Gasteiger partial charge in [0.15, 0.2) is 0 Å². The van der Waals surface area contributed by atoms with E-state index in [0.717, 1.165) is 47.3 Å². The molecular formula is C44H63NO4. The van der Waals surface area contributed by atoms with E-state index in [9.17, 15) is 15.0 Å². The summed E-state index contributed by atoms with van der Waals surface area (Å²) in [5.74, 6) is 1.67. The zero-order valence-corrected chi connectivity index (χ0v) is 32.6. The first kappa shape index (κ1) is 39.7. The van der Waals surface area contributed by atoms with Crippen LogP contribution in [0.5, 0.6) is 17.2 Å². The van der Waals surface area contributed by atoms with Gasteiger partial charge < -0.3 is 20.3 Å². The summed E-state index contributed by atoms with van der Waals surface area (Å²) in [5, 5.41) is 24.9. The molecule has 3 N–H and O–H groups in total. The van der Waals surface area contributed by atoms with E-state index < -0.39 is 0 Å². The van der Waals surface area contributed by atoms with E-state index in [2.05, 4.69) is 126 Å². The highest BCUT2D eigenvalue weighted by atomic mass is 16.5. The van der Waals surface area contributed by atoms with Crippen LogP contribution in [0.1, 0.15) is 150 Å². The van der Waals surface area contributed by atoms with Gasteiger partial charge in [-0.05, 0) is 137 Å². The van der Waals surface area contributed by atoms with Crippen molar-refractivity contribution in [2.45, 2.75) is 137 Å². The van der Waals surface area contributed by atoms with Crippen molar-refractivity contribution in [2.75, 3.05) is 13.2 Å². The number of benzene rings is 3. The highest BCUT2D eigenvalue weighted by Gasteiger charge is 2.30. The topological polar surface area (TPSA) is 78.8 Å². The summed E-state index contributed by atoms with van der Waals surface area (Å²) in [5.41, 5.74) is 9.53. The number of aromatic hydroxyl groups is 2. The van der Waals surface area contributed by atoms with E-state index in [-0.39, 0.29) is 34.0 Å². The molecule has 0 radical (unpaired) electrons. The highest BCUT2D eigenvalue weighted by molar-refractivity contribution is 5.86. The number of carbonyl (C=O) groups is 1. The van der Waals surface area contributed by atoms with Gasteiger partial charge >= 0.3 is 0 Å². The maximum Gasteiger partial charge on any atom is 0.243 e. The summed E-state index contributed by atoms with van der Waals surface area (Å²) in [6, 6.07) is 12.8. The smallest absolute Gasteiger partial charge is 0.243 e. The summed E-state index contributed by atoms with van der Waals surface area (Å²) in [6.07, 6.45) is 3.82. The quantitative estimate of drug-likeness (QED) is 0.132. The van der Waals surface area contributed by atoms with Crippen molar-refractivity contribution < 1.29 is 19.7 Å². The number of amides is 1. The van der Waals surface area contributed by atoms with Crippen LogP contribution < -0.4 is 10.1 Å². The first-order valence-electron chi connectivity index (χ1n) is 17.9. The van der Waals surface area contributed by atoms with E-state index in [1.165, 1.54) is 33.9 Å². The van der Waals surface area contributed by atoms with Crippen molar-refractivity contribution in [1.82, 2.24) is 5.32 Å². The second-order valence-corrected chi connectivity index (χ2v) is 17.1. The molecule has 0 saturated heterocycles. The minimum atomic E-state index is -0.225. The van der Waals surface area contributed by atoms with Crippen LogP contribution in [0.3, 0.4) is 0 Å². The van der Waals surface area contributed by atoms with E-state index in [4.69, 9.17) is 4.74 Å². The normalized spacial score (nSPS) is 13.0. The lowest BCUT2D eigenvalue weighted by Gasteiger charge is -2.31. The number of phenols is 2. The number of ether oxygens (including phenoxy) is 1. The SMILES string of the molecule is C=CC(=O)NCCCCOc1cc(C)c(C(C)CC(c2cc(C(C)(C)C)c(O)cc2C)c2cc(C(C)(C)C)c(O)cc2C)cc1C(C)(C)C. The Labute approximate surface area is 297 Å². The number of rotatable bonds is 12. The Hall–Kier alpha value is -3.73. The Bertz CT molecular complexity index is 1580. The molecule has 0 spiro atoms. The third-order valence-electron chi connectivity index (χ3n) is 9.75. The van der Waals surface area contributed by atoms with Gasteiger partial charge in [-0.15, -0.1) is 0 Å². The molecule has 3 rings (SSSR count). The van der Waals surface area contributed by atoms with Gasteiger partial charge in [-0.1, -0.05) is 94.0 Å². The first-order valence-corrected chi connectivity index (χ1v) is 17.9. The summed E-state index contributed by atoms with van der Waals surface area (Å²) in [7, 11) is 0. The van der Waals surface area contributed by atoms with Crippen LogP contribution in [-0.2, 0) is 21.0 Å². The standard InChI is InChI=1S/C44H63NO4/c1-15-41(48)45-18-16-17-19-49-40-23-30(5)31(24-37(40)44(12,13)14)27(2)20-34(32-25-35(42(6,7)8)38(46)21-28(32)3)33-26-36(43(9,10)11)39(47)22-29(33)4/h15,21-27,34,46-47H,1,16-20H2,2-14H3,(H,45,48). The Morgan fingerprint density at radius 2 is 1.18 bits per heavy atom. The number of carbonyl (C=O) groups excluding carboxylic acids is 1. The summed E-state index contributed by atoms with van der Waals surface area (Å²) >= 11 is 0. The Kier molecular flexibility index (Phi) is 12.5. The van der Waals surface area contributed by atoms with Crippen LogP contribution in [0.25, 0.3) is 0 Å². The van der Waals surface area contributed by atoms with Gasteiger partial charge in [0, 0.05) is 12.5 Å². The monoisotopic (exact) mass is 669 g/mol. The molecule has 1 atom stereocenters. The van der Waals surface area contributed by atoms with Gasteiger partial charge in [0.2, 0.25) is 5.91 Å². The van der Waals surface area contributed by atoms with E-state index in [1.54, 1.807) is 0 Å². The molecule has 1 unspecified atom stereocenters. The molecule has 1 amide bonds. The lowest BCUT2D eigenvalue weighted by atomic mass is 9.74. The molecule has 0 heterocycles. The summed E-state index contributed by atoms with van der Waals surface area (Å²) in [4.78, 5) is 11.5. The molecule has 5 heteroatoms. The Morgan fingerprint density at radius 3 is 1.63 bits per heavy atom. The van der Waals surface area contributed by atoms with Crippen LogP contribution in [0.4, 0.5) is 0 Å². The molecule has 3 aromatic rings. The zero-order valence-electron chi connectivity index (χ0n) is 32.6. The Morgan fingerprint density at radius 1 is 0.735 bits per heavy atom. The van der Waals surface area contributed by atoms with Gasteiger partial charge in [0.05, 0.1) is 6.61 Å². The fraction of sp³-hybridized carbons (Fsp3) is 0.523. The molecule has 0 saturated carbocycles. The van der Waals surface area contributed by atoms with Crippen LogP contribution >= 0.6 is 0 Å². The first-order chi connectivity index (χ1) is 22.6. The van der Waals surface area contributed by atoms with Gasteiger partial charge in [-0.25, -0.2) is 0 Å². The second-order valence-electron chi connectivity index (χ2n) is 17.1. The van der Waals surface area contributed by atoms with Crippen molar-refractivity contribution in [2.24, 2.45) is 0 Å². The third kappa shape index (κ3) is 9.93. The molecule has 0 bridgehead atoms. The molecule has 5 nitrogen and oxygen atoms in total. The van der Waals surface area contributed by atoms with Crippen molar-refractivity contribution in [3.8, 4) is 17.2 Å². The maximum absolute atomic E-state index is 11.5. The average molecular weight is 670 g/mol. The number of nitrogens with one attached hydrogen (secondary N) is 1. The molecule has 0 aliphatic carbocycles. The summed E-state index contributed by atoms with van der Waals surface area (Å²) < 4.78 is 6.40. The van der Waals surface area contributed by atoms with Gasteiger partial charge in [-0.3, -0.25) is 4.79 Å². The third-order valence-corrected chi connectivity index (χ3v) is 9.75. The number of hydrogen-bond acceptors (Lipinski definition) is 4. The average Bonchev–Trinajstić information content (AvgIpc) is 2.96. The molecule has 268 valence electrons. The summed E-state index contributed by atoms with van der Waals surface area (Å²) in [6.45, 7) is 32.9. The lowest BCUT2D eigenvalue weighted by molar-refractivity contribution is -0.116. The van der Waals surface area contributed by atoms with Gasteiger partial charge in [-0.2, -0.15) is 0 Å². The van der Waals surface area contributed by atoms with E-state index >= 15 is 0 Å². The van der Waals surface area contributed by atoms with Gasteiger partial charge in [0.1, 0.15) is 17.2 Å². The van der Waals surface area contributed by atoms with Crippen molar-refractivity contribution in [3.63, 3.8) is 0 Å². The van der Waals surface area contributed by atoms with Crippen molar-refractivity contribution in [1.29, 1.82) is 0 Å². The minimum absolute atomic E-state index is 0.0355. The molecule has 0 aliphatic heterocycles. The van der Waals surface area contributed by atoms with Gasteiger partial charge in [0.25, 0.3) is 0 Å². The number of unbranched alkanes of at least 4 members (excludes halogenated alkanes) is 1. The molecule has 0 fully saturated rings. The second kappa shape index (κ2) is 15.4. The molecule has 0 aromatic heterocycles. The van der Waals surface area contributed by atoms with Crippen LogP contribution in [0.2, 0.25) is 0 Å². The fourth-order valence-electron chi connectivity index (χ4n) is 6.90. The van der Waals surface area contributed by atoms with Crippen molar-refractivity contribution >= 4 is 5.91 Å².